The molecule has 0 spiro atoms. The summed E-state index contributed by atoms with van der Waals surface area (Å²) in [7, 11) is 0.224. The molecule has 2 bridgehead atoms. The van der Waals surface area contributed by atoms with Crippen molar-refractivity contribution in [3.05, 3.63) is 74.6 Å². The Bertz CT molecular complexity index is 1300. The molecule has 2 aromatic heterocycles. The topological polar surface area (TPSA) is 116 Å². The lowest BCUT2D eigenvalue weighted by Crippen LogP contribution is -2.60. The van der Waals surface area contributed by atoms with Crippen LogP contribution in [0.25, 0.3) is 0 Å². The average molecular weight is 564 g/mol. The van der Waals surface area contributed by atoms with E-state index in [0.29, 0.717) is 34.0 Å². The predicted molar refractivity (Wildman–Crippen MR) is 138 cm³/mol. The van der Waals surface area contributed by atoms with Crippen LogP contribution in [0.15, 0.2) is 64.2 Å². The van der Waals surface area contributed by atoms with Crippen LogP contribution < -0.4 is 0 Å². The van der Waals surface area contributed by atoms with Gasteiger partial charge >= 0.3 is 5.97 Å². The number of ether oxygens (including phenoxy) is 2. The second-order valence-electron chi connectivity index (χ2n) is 10.3. The van der Waals surface area contributed by atoms with Crippen LogP contribution in [0, 0.1) is 6.92 Å². The molecule has 3 fully saturated rings. The third-order valence-electron chi connectivity index (χ3n) is 7.67. The van der Waals surface area contributed by atoms with Crippen molar-refractivity contribution in [3.8, 4) is 0 Å². The van der Waals surface area contributed by atoms with Crippen LogP contribution in [-0.4, -0.2) is 73.0 Å². The van der Waals surface area contributed by atoms with Crippen molar-refractivity contribution in [1.82, 2.24) is 0 Å². The lowest BCUT2D eigenvalue weighted by atomic mass is 9.95. The summed E-state index contributed by atoms with van der Waals surface area (Å²) in [5, 5.41) is 15.1. The summed E-state index contributed by atoms with van der Waals surface area (Å²) in [5.74, 6) is -0.561. The molecule has 3 aromatic rings. The van der Waals surface area contributed by atoms with Crippen LogP contribution in [0.2, 0.25) is 0 Å². The number of fused-ring (bicyclic) bond motifs is 5. The number of hydrogen-bond acceptors (Lipinski definition) is 9. The maximum Gasteiger partial charge on any atom is 0.349 e. The SMILES string of the molecule is C[N+]1(C)[C@@H]2CC(OC(=O)C(O)(c3cccs3)c3cccs3)C[C@H]1[C@H]1O[C@H]12.Cc1ccc(S(=O)(=O)[O-])cc1. The molecular weight excluding hydrogens is 534 g/mol. The van der Waals surface area contributed by atoms with Crippen LogP contribution in [0.3, 0.4) is 0 Å². The summed E-state index contributed by atoms with van der Waals surface area (Å²) in [6.07, 6.45) is 2.05. The number of aliphatic hydroxyl groups is 1. The molecule has 0 amide bonds. The fraction of sp³-hybridized carbons (Fsp3) is 0.423. The number of morpholine rings is 1. The molecule has 6 rings (SSSR count). The molecule has 11 heteroatoms. The third-order valence-corrected chi connectivity index (χ3v) is 10.5. The second kappa shape index (κ2) is 9.57. The van der Waals surface area contributed by atoms with Crippen LogP contribution in [0.4, 0.5) is 0 Å². The first-order valence-corrected chi connectivity index (χ1v) is 15.1. The fourth-order valence-electron chi connectivity index (χ4n) is 5.53. The summed E-state index contributed by atoms with van der Waals surface area (Å²) in [6.45, 7) is 1.82. The van der Waals surface area contributed by atoms with E-state index in [-0.39, 0.29) is 11.0 Å². The van der Waals surface area contributed by atoms with Gasteiger partial charge in [-0.25, -0.2) is 13.2 Å². The molecule has 5 heterocycles. The van der Waals surface area contributed by atoms with Gasteiger partial charge < -0.3 is 23.6 Å². The highest BCUT2D eigenvalue weighted by Gasteiger charge is 2.71. The number of likely N-dealkylation sites (N-methyl/N-ethyl adjacent to an activating group) is 1. The van der Waals surface area contributed by atoms with E-state index in [0.717, 1.165) is 22.9 Å². The quantitative estimate of drug-likeness (QED) is 0.219. The van der Waals surface area contributed by atoms with Gasteiger partial charge in [-0.15, -0.1) is 22.7 Å². The molecule has 3 aliphatic rings. The molecule has 0 aliphatic carbocycles. The van der Waals surface area contributed by atoms with Crippen molar-refractivity contribution in [2.24, 2.45) is 0 Å². The predicted octanol–water partition coefficient (Wildman–Crippen LogP) is 3.24. The maximum absolute atomic E-state index is 13.1. The highest BCUT2D eigenvalue weighted by atomic mass is 32.2. The molecular formula is C26H29NO7S3. The Labute approximate surface area is 224 Å². The van der Waals surface area contributed by atoms with Gasteiger partial charge in [0.05, 0.1) is 28.7 Å². The second-order valence-corrected chi connectivity index (χ2v) is 13.5. The zero-order chi connectivity index (χ0) is 26.6. The maximum atomic E-state index is 13.1. The van der Waals surface area contributed by atoms with Crippen molar-refractivity contribution in [3.63, 3.8) is 0 Å². The number of carbonyl (C=O) groups excluding carboxylic acids is 1. The van der Waals surface area contributed by atoms with Crippen LogP contribution in [0.1, 0.15) is 28.2 Å². The summed E-state index contributed by atoms with van der Waals surface area (Å²) in [5.41, 5.74) is -0.791. The number of nitrogens with zero attached hydrogens (tertiary/aromatic N) is 1. The minimum atomic E-state index is -4.27. The third kappa shape index (κ3) is 4.89. The van der Waals surface area contributed by atoms with E-state index in [1.54, 1.807) is 24.3 Å². The van der Waals surface area contributed by atoms with Crippen molar-refractivity contribution >= 4 is 38.8 Å². The first-order chi connectivity index (χ1) is 17.4. The van der Waals surface area contributed by atoms with Gasteiger partial charge in [-0.05, 0) is 41.9 Å². The first-order valence-electron chi connectivity index (χ1n) is 11.9. The smallest absolute Gasteiger partial charge is 0.349 e. The molecule has 0 radical (unpaired) electrons. The van der Waals surface area contributed by atoms with E-state index in [9.17, 15) is 22.9 Å². The zero-order valence-corrected chi connectivity index (χ0v) is 23.1. The van der Waals surface area contributed by atoms with Crippen LogP contribution in [-0.2, 0) is 30.0 Å². The Hall–Kier alpha value is -2.12. The minimum absolute atomic E-state index is 0.161. The van der Waals surface area contributed by atoms with Crippen molar-refractivity contribution in [2.75, 3.05) is 14.1 Å². The molecule has 0 saturated carbocycles. The minimum Gasteiger partial charge on any atom is -0.744 e. The molecule has 1 aromatic carbocycles. The number of epoxide rings is 1. The van der Waals surface area contributed by atoms with Gasteiger partial charge in [-0.2, -0.15) is 0 Å². The lowest BCUT2D eigenvalue weighted by Gasteiger charge is -2.45. The van der Waals surface area contributed by atoms with Crippen molar-refractivity contribution < 1.29 is 36.8 Å². The summed E-state index contributed by atoms with van der Waals surface area (Å²) < 4.78 is 43.8. The van der Waals surface area contributed by atoms with Crippen molar-refractivity contribution in [2.45, 2.75) is 60.7 Å². The molecule has 5 atom stereocenters. The largest absolute Gasteiger partial charge is 0.744 e. The summed E-state index contributed by atoms with van der Waals surface area (Å²) in [4.78, 5) is 14.2. The molecule has 1 unspecified atom stereocenters. The Morgan fingerprint density at radius 1 is 1.03 bits per heavy atom. The monoisotopic (exact) mass is 563 g/mol. The highest BCUT2D eigenvalue weighted by Crippen LogP contribution is 2.52. The standard InChI is InChI=1S/C19H22NO4S2.C7H8O3S/c1-20(2)12-9-11(10-13(20)17-16(12)24-17)23-18(21)19(22,14-5-3-7-25-14)15-6-4-8-26-15;1-6-2-4-7(5-3-6)11(8,9)10/h3-8,11-13,16-17,22H,9-10H2,1-2H3;2-5H,1H3,(H,8,9,10)/q+1;/p-1/t11?,12-,13+,16+,17-;. The number of carbonyl (C=O) groups is 1. The Balaban J connectivity index is 0.000000215. The van der Waals surface area contributed by atoms with E-state index in [1.807, 2.05) is 29.8 Å². The molecule has 198 valence electrons. The van der Waals surface area contributed by atoms with E-state index < -0.39 is 21.7 Å². The van der Waals surface area contributed by atoms with E-state index in [2.05, 4.69) is 14.1 Å². The van der Waals surface area contributed by atoms with Gasteiger partial charge in [0.2, 0.25) is 5.60 Å². The molecule has 37 heavy (non-hydrogen) atoms. The Kier molecular flexibility index (Phi) is 6.85. The first kappa shape index (κ1) is 26.5. The summed E-state index contributed by atoms with van der Waals surface area (Å²) in [6, 6.07) is 13.8. The Morgan fingerprint density at radius 3 is 1.97 bits per heavy atom. The zero-order valence-electron chi connectivity index (χ0n) is 20.6. The normalized spacial score (nSPS) is 27.5. The van der Waals surface area contributed by atoms with E-state index in [1.165, 1.54) is 34.8 Å². The average Bonchev–Trinajstić information content (AvgIpc) is 3.17. The van der Waals surface area contributed by atoms with Gasteiger partial charge in [0.15, 0.2) is 0 Å². The van der Waals surface area contributed by atoms with E-state index in [4.69, 9.17) is 9.47 Å². The highest BCUT2D eigenvalue weighted by molar-refractivity contribution is 7.85. The van der Waals surface area contributed by atoms with Crippen LogP contribution in [0.5, 0.6) is 0 Å². The van der Waals surface area contributed by atoms with Gasteiger partial charge in [-0.1, -0.05) is 29.8 Å². The summed E-state index contributed by atoms with van der Waals surface area (Å²) >= 11 is 2.74. The molecule has 1 N–H and O–H groups in total. The number of thiophene rings is 2. The Morgan fingerprint density at radius 2 is 1.54 bits per heavy atom. The lowest BCUT2D eigenvalue weighted by molar-refractivity contribution is -0.938. The van der Waals surface area contributed by atoms with Gasteiger partial charge in [0, 0.05) is 12.8 Å². The fourth-order valence-corrected chi connectivity index (χ4v) is 7.72. The van der Waals surface area contributed by atoms with Crippen molar-refractivity contribution in [1.29, 1.82) is 0 Å². The number of quaternary nitrogens is 1. The van der Waals surface area contributed by atoms with E-state index >= 15 is 0 Å². The number of aryl methyl sites for hydroxylation is 1. The molecule has 3 saturated heterocycles. The molecule has 8 nitrogen and oxygen atoms in total. The number of benzene rings is 1. The number of hydrogen-bond donors (Lipinski definition) is 1. The van der Waals surface area contributed by atoms with Crippen LogP contribution >= 0.6 is 22.7 Å². The number of esters is 1. The van der Waals surface area contributed by atoms with Gasteiger partial charge in [0.1, 0.15) is 40.5 Å². The number of piperidine rings is 1. The molecule has 3 aliphatic heterocycles. The van der Waals surface area contributed by atoms with Gasteiger partial charge in [-0.3, -0.25) is 0 Å². The number of rotatable bonds is 5. The van der Waals surface area contributed by atoms with Gasteiger partial charge in [0.25, 0.3) is 0 Å².